The van der Waals surface area contributed by atoms with E-state index >= 15 is 0 Å². The van der Waals surface area contributed by atoms with Gasteiger partial charge < -0.3 is 5.32 Å². The second-order valence-corrected chi connectivity index (χ2v) is 2.67. The predicted octanol–water partition coefficient (Wildman–Crippen LogP) is 1.47. The fourth-order valence-electron chi connectivity index (χ4n) is 0.964. The number of benzene rings is 1. The topological polar surface area (TPSA) is 52.9 Å². The molecule has 0 fully saturated rings. The van der Waals surface area contributed by atoms with Crippen LogP contribution in [0.2, 0.25) is 0 Å². The highest BCUT2D eigenvalue weighted by molar-refractivity contribution is 5.94. The number of carbonyl (C=O) groups excluding carboxylic acids is 1. The number of nitrogens with zero attached hydrogens (tertiary/aromatic N) is 1. The highest BCUT2D eigenvalue weighted by Crippen LogP contribution is 2.02. The summed E-state index contributed by atoms with van der Waals surface area (Å²) >= 11 is 0. The minimum Gasteiger partial charge on any atom is -0.351 e. The van der Waals surface area contributed by atoms with Crippen LogP contribution < -0.4 is 5.32 Å². The van der Waals surface area contributed by atoms with Gasteiger partial charge in [0.05, 0.1) is 12.5 Å². The van der Waals surface area contributed by atoms with Crippen molar-refractivity contribution in [2.75, 3.05) is 6.54 Å². The summed E-state index contributed by atoms with van der Waals surface area (Å²) in [5.41, 5.74) is 0.267. The molecule has 14 heavy (non-hydrogen) atoms. The van der Waals surface area contributed by atoms with Gasteiger partial charge in [0.2, 0.25) is 0 Å². The van der Waals surface area contributed by atoms with E-state index < -0.39 is 5.82 Å². The molecular formula is C10H9FN2O. The van der Waals surface area contributed by atoms with Gasteiger partial charge >= 0.3 is 0 Å². The highest BCUT2D eigenvalue weighted by Gasteiger charge is 2.04. The fraction of sp³-hybridized carbons (Fsp3) is 0.200. The Morgan fingerprint density at radius 1 is 1.57 bits per heavy atom. The normalized spacial score (nSPS) is 9.14. The van der Waals surface area contributed by atoms with Gasteiger partial charge in [0.1, 0.15) is 5.82 Å². The van der Waals surface area contributed by atoms with Gasteiger partial charge in [0, 0.05) is 12.1 Å². The Hall–Kier alpha value is -1.89. The van der Waals surface area contributed by atoms with E-state index in [1.165, 1.54) is 18.2 Å². The molecule has 0 aliphatic rings. The lowest BCUT2D eigenvalue weighted by molar-refractivity contribution is 0.0954. The minimum absolute atomic E-state index is 0.251. The number of carbonyl (C=O) groups is 1. The number of nitrogens with one attached hydrogen (secondary N) is 1. The first-order valence-corrected chi connectivity index (χ1v) is 4.15. The lowest BCUT2D eigenvalue weighted by atomic mass is 10.2. The van der Waals surface area contributed by atoms with Gasteiger partial charge in [-0.1, -0.05) is 6.07 Å². The van der Waals surface area contributed by atoms with Gasteiger partial charge in [-0.25, -0.2) is 4.39 Å². The molecule has 3 nitrogen and oxygen atoms in total. The average molecular weight is 192 g/mol. The van der Waals surface area contributed by atoms with E-state index in [4.69, 9.17) is 5.26 Å². The molecule has 0 saturated heterocycles. The van der Waals surface area contributed by atoms with Crippen molar-refractivity contribution in [1.29, 1.82) is 5.26 Å². The molecule has 1 rings (SSSR count). The molecule has 0 heterocycles. The predicted molar refractivity (Wildman–Crippen MR) is 49.0 cm³/mol. The second kappa shape index (κ2) is 4.97. The Kier molecular flexibility index (Phi) is 3.62. The van der Waals surface area contributed by atoms with Gasteiger partial charge in [-0.2, -0.15) is 5.26 Å². The van der Waals surface area contributed by atoms with Crippen molar-refractivity contribution in [1.82, 2.24) is 5.32 Å². The summed E-state index contributed by atoms with van der Waals surface area (Å²) < 4.78 is 12.7. The molecule has 1 aromatic rings. The van der Waals surface area contributed by atoms with E-state index in [1.807, 2.05) is 6.07 Å². The van der Waals surface area contributed by atoms with Gasteiger partial charge in [-0.05, 0) is 18.2 Å². The number of hydrogen-bond acceptors (Lipinski definition) is 2. The third-order valence-electron chi connectivity index (χ3n) is 1.61. The Balaban J connectivity index is 2.57. The van der Waals surface area contributed by atoms with Crippen LogP contribution in [0, 0.1) is 17.1 Å². The lowest BCUT2D eigenvalue weighted by Crippen LogP contribution is -2.24. The van der Waals surface area contributed by atoms with E-state index in [0.717, 1.165) is 6.07 Å². The van der Waals surface area contributed by atoms with Crippen LogP contribution in [0.15, 0.2) is 24.3 Å². The van der Waals surface area contributed by atoms with E-state index in [1.54, 1.807) is 0 Å². The standard InChI is InChI=1S/C10H9FN2O/c11-9-4-1-3-8(7-9)10(14)13-6-2-5-12/h1,3-4,7H,2,6H2,(H,13,14). The maximum Gasteiger partial charge on any atom is 0.251 e. The van der Waals surface area contributed by atoms with Crippen LogP contribution >= 0.6 is 0 Å². The van der Waals surface area contributed by atoms with Gasteiger partial charge in [0.15, 0.2) is 0 Å². The van der Waals surface area contributed by atoms with Crippen molar-refractivity contribution in [3.8, 4) is 6.07 Å². The zero-order chi connectivity index (χ0) is 10.4. The molecule has 0 saturated carbocycles. The maximum atomic E-state index is 12.7. The van der Waals surface area contributed by atoms with E-state index in [2.05, 4.69) is 5.32 Å². The monoisotopic (exact) mass is 192 g/mol. The van der Waals surface area contributed by atoms with Crippen LogP contribution in [0.25, 0.3) is 0 Å². The molecule has 0 atom stereocenters. The number of rotatable bonds is 3. The minimum atomic E-state index is -0.446. The van der Waals surface area contributed by atoms with Crippen molar-refractivity contribution in [2.45, 2.75) is 6.42 Å². The lowest BCUT2D eigenvalue weighted by Gasteiger charge is -2.01. The summed E-state index contributed by atoms with van der Waals surface area (Å²) in [6, 6.07) is 7.31. The van der Waals surface area contributed by atoms with Gasteiger partial charge in [0.25, 0.3) is 5.91 Å². The van der Waals surface area contributed by atoms with Crippen molar-refractivity contribution in [3.05, 3.63) is 35.6 Å². The smallest absolute Gasteiger partial charge is 0.251 e. The largest absolute Gasteiger partial charge is 0.351 e. The maximum absolute atomic E-state index is 12.7. The molecule has 0 aliphatic carbocycles. The second-order valence-electron chi connectivity index (χ2n) is 2.67. The number of halogens is 1. The van der Waals surface area contributed by atoms with Crippen molar-refractivity contribution in [3.63, 3.8) is 0 Å². The van der Waals surface area contributed by atoms with Crippen LogP contribution in [0.5, 0.6) is 0 Å². The van der Waals surface area contributed by atoms with Crippen molar-refractivity contribution in [2.24, 2.45) is 0 Å². The van der Waals surface area contributed by atoms with E-state index in [0.29, 0.717) is 0 Å². The molecule has 1 aromatic carbocycles. The Morgan fingerprint density at radius 2 is 2.36 bits per heavy atom. The first-order chi connectivity index (χ1) is 6.74. The molecule has 0 aliphatic heterocycles. The summed E-state index contributed by atoms with van der Waals surface area (Å²) in [7, 11) is 0. The molecule has 4 heteroatoms. The average Bonchev–Trinajstić information content (AvgIpc) is 2.18. The number of amides is 1. The molecule has 0 spiro atoms. The summed E-state index contributed by atoms with van der Waals surface area (Å²) in [4.78, 5) is 11.3. The van der Waals surface area contributed by atoms with Crippen molar-refractivity contribution < 1.29 is 9.18 Å². The SMILES string of the molecule is N#CCCNC(=O)c1cccc(F)c1. The molecule has 0 radical (unpaired) electrons. The first-order valence-electron chi connectivity index (χ1n) is 4.15. The zero-order valence-electron chi connectivity index (χ0n) is 7.46. The molecule has 0 unspecified atom stereocenters. The summed E-state index contributed by atoms with van der Waals surface area (Å²) in [6.07, 6.45) is 0.251. The molecule has 1 N–H and O–H groups in total. The highest BCUT2D eigenvalue weighted by atomic mass is 19.1. The van der Waals surface area contributed by atoms with Crippen LogP contribution in [0.3, 0.4) is 0 Å². The van der Waals surface area contributed by atoms with E-state index in [-0.39, 0.29) is 24.4 Å². The van der Waals surface area contributed by atoms with Crippen LogP contribution in [0.1, 0.15) is 16.8 Å². The number of hydrogen-bond donors (Lipinski definition) is 1. The molecule has 0 aromatic heterocycles. The quantitative estimate of drug-likeness (QED) is 0.737. The van der Waals surface area contributed by atoms with Crippen LogP contribution in [0.4, 0.5) is 4.39 Å². The zero-order valence-corrected chi connectivity index (χ0v) is 7.46. The van der Waals surface area contributed by atoms with E-state index in [9.17, 15) is 9.18 Å². The van der Waals surface area contributed by atoms with Gasteiger partial charge in [-0.15, -0.1) is 0 Å². The molecular weight excluding hydrogens is 183 g/mol. The Morgan fingerprint density at radius 3 is 3.00 bits per heavy atom. The Bertz CT molecular complexity index is 371. The van der Waals surface area contributed by atoms with Crippen LogP contribution in [-0.4, -0.2) is 12.5 Å². The van der Waals surface area contributed by atoms with Crippen molar-refractivity contribution >= 4 is 5.91 Å². The fourth-order valence-corrected chi connectivity index (χ4v) is 0.964. The molecule has 1 amide bonds. The summed E-state index contributed by atoms with van der Waals surface area (Å²) in [6.45, 7) is 0.284. The third kappa shape index (κ3) is 2.87. The number of nitriles is 1. The van der Waals surface area contributed by atoms with Crippen LogP contribution in [-0.2, 0) is 0 Å². The molecule has 72 valence electrons. The van der Waals surface area contributed by atoms with Gasteiger partial charge in [-0.3, -0.25) is 4.79 Å². The first kappa shape index (κ1) is 10.2. The summed E-state index contributed by atoms with van der Waals surface area (Å²) in [5.74, 6) is -0.808. The molecule has 0 bridgehead atoms. The Labute approximate surface area is 81.2 Å². The summed E-state index contributed by atoms with van der Waals surface area (Å²) in [5, 5.41) is 10.7. The third-order valence-corrected chi connectivity index (χ3v) is 1.61.